The first kappa shape index (κ1) is 12.9. The summed E-state index contributed by atoms with van der Waals surface area (Å²) in [6, 6.07) is 0. The minimum absolute atomic E-state index is 0.861. The van der Waals surface area contributed by atoms with Gasteiger partial charge in [-0.2, -0.15) is 0 Å². The molecule has 0 aromatic heterocycles. The summed E-state index contributed by atoms with van der Waals surface area (Å²) in [6.07, 6.45) is 5.17. The van der Waals surface area contributed by atoms with E-state index in [2.05, 4.69) is 25.9 Å². The number of nitrogens with zero attached hydrogens (tertiary/aromatic N) is 1. The third kappa shape index (κ3) is 8.26. The summed E-state index contributed by atoms with van der Waals surface area (Å²) in [5, 5.41) is 0. The lowest BCUT2D eigenvalue weighted by molar-refractivity contribution is 0.172. The molecule has 1 atom stereocenters. The van der Waals surface area contributed by atoms with Gasteiger partial charge in [0.2, 0.25) is 0 Å². The van der Waals surface area contributed by atoms with Crippen LogP contribution in [0.5, 0.6) is 0 Å². The van der Waals surface area contributed by atoms with E-state index in [9.17, 15) is 0 Å². The van der Waals surface area contributed by atoms with Gasteiger partial charge in [0.25, 0.3) is 0 Å². The highest BCUT2D eigenvalue weighted by molar-refractivity contribution is 4.58. The number of rotatable bonds is 8. The van der Waals surface area contributed by atoms with Gasteiger partial charge in [-0.3, -0.25) is 0 Å². The number of hydrogen-bond acceptors (Lipinski definition) is 2. The lowest BCUT2D eigenvalue weighted by atomic mass is 9.97. The van der Waals surface area contributed by atoms with Crippen molar-refractivity contribution in [3.8, 4) is 0 Å². The van der Waals surface area contributed by atoms with Crippen LogP contribution in [0.2, 0.25) is 0 Å². The second kappa shape index (κ2) is 8.52. The fraction of sp³-hybridized carbons (Fsp3) is 1.00. The van der Waals surface area contributed by atoms with Crippen LogP contribution in [0.3, 0.4) is 0 Å². The van der Waals surface area contributed by atoms with Crippen LogP contribution in [0.25, 0.3) is 0 Å². The SMILES string of the molecule is CC[C@@H](CCCN(C)C)CCOC. The standard InChI is InChI=1S/C11H25NO/c1-5-11(8-10-13-4)7-6-9-12(2)3/h11H,5-10H2,1-4H3/t11-/m0/s1. The number of methoxy groups -OCH3 is 1. The fourth-order valence-electron chi connectivity index (χ4n) is 1.53. The van der Waals surface area contributed by atoms with Crippen molar-refractivity contribution in [1.29, 1.82) is 0 Å². The van der Waals surface area contributed by atoms with Crippen LogP contribution in [0.1, 0.15) is 32.6 Å². The highest BCUT2D eigenvalue weighted by Crippen LogP contribution is 2.15. The van der Waals surface area contributed by atoms with Gasteiger partial charge in [-0.25, -0.2) is 0 Å². The zero-order valence-corrected chi connectivity index (χ0v) is 9.68. The minimum atomic E-state index is 0.861. The molecule has 0 spiro atoms. The summed E-state index contributed by atoms with van der Waals surface area (Å²) < 4.78 is 5.09. The summed E-state index contributed by atoms with van der Waals surface area (Å²) in [6.45, 7) is 4.40. The quantitative estimate of drug-likeness (QED) is 0.578. The molecule has 0 aliphatic rings. The molecule has 2 heteroatoms. The largest absolute Gasteiger partial charge is 0.385 e. The van der Waals surface area contributed by atoms with Crippen molar-refractivity contribution >= 4 is 0 Å². The Hall–Kier alpha value is -0.0800. The van der Waals surface area contributed by atoms with Crippen LogP contribution in [0, 0.1) is 5.92 Å². The Bertz CT molecular complexity index is 104. The predicted octanol–water partition coefficient (Wildman–Crippen LogP) is 2.39. The smallest absolute Gasteiger partial charge is 0.0464 e. The summed E-state index contributed by atoms with van der Waals surface area (Å²) in [5.74, 6) is 0.861. The Morgan fingerprint density at radius 2 is 1.92 bits per heavy atom. The Kier molecular flexibility index (Phi) is 8.46. The van der Waals surface area contributed by atoms with E-state index in [1.807, 2.05) is 0 Å². The molecule has 0 N–H and O–H groups in total. The van der Waals surface area contributed by atoms with Crippen LogP contribution in [0.15, 0.2) is 0 Å². The first-order chi connectivity index (χ1) is 6.20. The average Bonchev–Trinajstić information content (AvgIpc) is 2.10. The highest BCUT2D eigenvalue weighted by atomic mass is 16.5. The van der Waals surface area contributed by atoms with Crippen molar-refractivity contribution in [3.05, 3.63) is 0 Å². The van der Waals surface area contributed by atoms with Crippen molar-refractivity contribution in [3.63, 3.8) is 0 Å². The van der Waals surface area contributed by atoms with Crippen molar-refractivity contribution < 1.29 is 4.74 Å². The zero-order valence-electron chi connectivity index (χ0n) is 9.68. The molecular weight excluding hydrogens is 162 g/mol. The molecule has 80 valence electrons. The molecule has 0 aromatic carbocycles. The van der Waals surface area contributed by atoms with Gasteiger partial charge >= 0.3 is 0 Å². The van der Waals surface area contributed by atoms with E-state index < -0.39 is 0 Å². The Balaban J connectivity index is 3.36. The minimum Gasteiger partial charge on any atom is -0.385 e. The molecule has 0 aromatic rings. The second-order valence-electron chi connectivity index (χ2n) is 4.00. The van der Waals surface area contributed by atoms with Crippen LogP contribution < -0.4 is 0 Å². The van der Waals surface area contributed by atoms with Gasteiger partial charge in [0.1, 0.15) is 0 Å². The van der Waals surface area contributed by atoms with Gasteiger partial charge < -0.3 is 9.64 Å². The maximum atomic E-state index is 5.09. The molecule has 0 amide bonds. The van der Waals surface area contributed by atoms with Crippen LogP contribution in [-0.4, -0.2) is 39.3 Å². The van der Waals surface area contributed by atoms with Crippen LogP contribution >= 0.6 is 0 Å². The van der Waals surface area contributed by atoms with Gasteiger partial charge in [-0.15, -0.1) is 0 Å². The number of ether oxygens (including phenoxy) is 1. The van der Waals surface area contributed by atoms with E-state index in [0.29, 0.717) is 0 Å². The summed E-state index contributed by atoms with van der Waals surface area (Å²) in [5.41, 5.74) is 0. The molecule has 2 nitrogen and oxygen atoms in total. The van der Waals surface area contributed by atoms with E-state index in [-0.39, 0.29) is 0 Å². The predicted molar refractivity (Wildman–Crippen MR) is 58.1 cm³/mol. The molecule has 0 saturated heterocycles. The molecule has 0 radical (unpaired) electrons. The van der Waals surface area contributed by atoms with Crippen LogP contribution in [0.4, 0.5) is 0 Å². The molecule has 13 heavy (non-hydrogen) atoms. The van der Waals surface area contributed by atoms with Gasteiger partial charge in [0.05, 0.1) is 0 Å². The summed E-state index contributed by atoms with van der Waals surface area (Å²) in [7, 11) is 6.05. The van der Waals surface area contributed by atoms with E-state index in [1.165, 1.54) is 32.2 Å². The third-order valence-electron chi connectivity index (χ3n) is 2.53. The average molecular weight is 187 g/mol. The van der Waals surface area contributed by atoms with Gasteiger partial charge in [-0.1, -0.05) is 13.3 Å². The summed E-state index contributed by atoms with van der Waals surface area (Å²) in [4.78, 5) is 2.25. The maximum Gasteiger partial charge on any atom is 0.0464 e. The van der Waals surface area contributed by atoms with Gasteiger partial charge in [-0.05, 0) is 45.8 Å². The normalized spacial score (nSPS) is 13.6. The molecule has 0 bridgehead atoms. The Labute approximate surface area is 83.3 Å². The monoisotopic (exact) mass is 187 g/mol. The Morgan fingerprint density at radius 1 is 1.23 bits per heavy atom. The van der Waals surface area contributed by atoms with Gasteiger partial charge in [0, 0.05) is 13.7 Å². The third-order valence-corrected chi connectivity index (χ3v) is 2.53. The van der Waals surface area contributed by atoms with E-state index >= 15 is 0 Å². The molecule has 0 rings (SSSR count). The van der Waals surface area contributed by atoms with Crippen molar-refractivity contribution in [1.82, 2.24) is 4.90 Å². The van der Waals surface area contributed by atoms with Crippen molar-refractivity contribution in [2.45, 2.75) is 32.6 Å². The first-order valence-corrected chi connectivity index (χ1v) is 5.34. The Morgan fingerprint density at radius 3 is 2.38 bits per heavy atom. The van der Waals surface area contributed by atoms with Crippen LogP contribution in [-0.2, 0) is 4.74 Å². The van der Waals surface area contributed by atoms with Crippen molar-refractivity contribution in [2.75, 3.05) is 34.4 Å². The lowest BCUT2D eigenvalue weighted by Crippen LogP contribution is -2.14. The molecule has 0 unspecified atom stereocenters. The number of hydrogen-bond donors (Lipinski definition) is 0. The molecular formula is C11H25NO. The van der Waals surface area contributed by atoms with E-state index in [4.69, 9.17) is 4.74 Å². The van der Waals surface area contributed by atoms with Crippen molar-refractivity contribution in [2.24, 2.45) is 5.92 Å². The second-order valence-corrected chi connectivity index (χ2v) is 4.00. The zero-order chi connectivity index (χ0) is 10.1. The molecule has 0 saturated carbocycles. The first-order valence-electron chi connectivity index (χ1n) is 5.34. The lowest BCUT2D eigenvalue weighted by Gasteiger charge is -2.15. The van der Waals surface area contributed by atoms with E-state index in [0.717, 1.165) is 12.5 Å². The highest BCUT2D eigenvalue weighted by Gasteiger charge is 2.05. The molecule has 0 heterocycles. The summed E-state index contributed by atoms with van der Waals surface area (Å²) >= 11 is 0. The maximum absolute atomic E-state index is 5.09. The fourth-order valence-corrected chi connectivity index (χ4v) is 1.53. The van der Waals surface area contributed by atoms with E-state index in [1.54, 1.807) is 7.11 Å². The molecule has 0 aliphatic heterocycles. The van der Waals surface area contributed by atoms with Gasteiger partial charge in [0.15, 0.2) is 0 Å². The topological polar surface area (TPSA) is 12.5 Å². The molecule has 0 fully saturated rings. The molecule has 0 aliphatic carbocycles.